The van der Waals surface area contributed by atoms with Crippen LogP contribution in [0.2, 0.25) is 5.02 Å². The van der Waals surface area contributed by atoms with Crippen molar-refractivity contribution in [1.82, 2.24) is 14.5 Å². The Kier molecular flexibility index (Phi) is 5.65. The number of hydrogen-bond donors (Lipinski definition) is 1. The van der Waals surface area contributed by atoms with Gasteiger partial charge in [-0.15, -0.1) is 11.3 Å². The van der Waals surface area contributed by atoms with Crippen molar-refractivity contribution >= 4 is 65.9 Å². The van der Waals surface area contributed by atoms with Gasteiger partial charge in [-0.1, -0.05) is 71.9 Å². The number of rotatable bonds is 6. The fourth-order valence-electron chi connectivity index (χ4n) is 4.31. The summed E-state index contributed by atoms with van der Waals surface area (Å²) in [5.74, 6) is 0.688. The summed E-state index contributed by atoms with van der Waals surface area (Å²) < 4.78 is 3.64. The van der Waals surface area contributed by atoms with E-state index in [0.29, 0.717) is 22.0 Å². The molecule has 0 atom stereocenters. The minimum absolute atomic E-state index is 0.0274. The Hall–Kier alpha value is -3.06. The zero-order chi connectivity index (χ0) is 23.1. The highest BCUT2D eigenvalue weighted by Gasteiger charge is 2.17. The first-order valence-corrected chi connectivity index (χ1v) is 13.2. The molecule has 0 saturated heterocycles. The largest absolute Gasteiger partial charge is 0.361 e. The lowest BCUT2D eigenvalue weighted by atomic mass is 10.1. The lowest BCUT2D eigenvalue weighted by Crippen LogP contribution is -2.23. The van der Waals surface area contributed by atoms with E-state index in [1.54, 1.807) is 11.8 Å². The fourth-order valence-corrected chi connectivity index (χ4v) is 6.57. The van der Waals surface area contributed by atoms with E-state index in [1.807, 2.05) is 65.4 Å². The number of hydrogen-bond acceptors (Lipinski definition) is 4. The first-order valence-electron chi connectivity index (χ1n) is 11.0. The van der Waals surface area contributed by atoms with Gasteiger partial charge in [-0.2, -0.15) is 0 Å². The van der Waals surface area contributed by atoms with E-state index in [0.717, 1.165) is 38.3 Å². The molecule has 0 aliphatic rings. The number of aromatic amines is 1. The van der Waals surface area contributed by atoms with Crippen LogP contribution in [0, 0.1) is 0 Å². The molecule has 7 heteroatoms. The first-order chi connectivity index (χ1) is 16.7. The van der Waals surface area contributed by atoms with Crippen molar-refractivity contribution in [3.05, 3.63) is 105 Å². The van der Waals surface area contributed by atoms with Gasteiger partial charge in [-0.05, 0) is 41.8 Å². The quantitative estimate of drug-likeness (QED) is 0.193. The SMILES string of the molecule is O=c1c2sc3ccccc3c2nc(SCc2cccc(Cl)c2)n1CCc1c[nH]c2ccccc12. The Morgan fingerprint density at radius 1 is 1.00 bits per heavy atom. The number of aryl methyl sites for hydroxylation is 1. The second-order valence-electron chi connectivity index (χ2n) is 8.16. The summed E-state index contributed by atoms with van der Waals surface area (Å²) in [6.07, 6.45) is 2.78. The Morgan fingerprint density at radius 3 is 2.71 bits per heavy atom. The van der Waals surface area contributed by atoms with Gasteiger partial charge in [0, 0.05) is 44.5 Å². The number of para-hydroxylation sites is 1. The maximum atomic E-state index is 13.7. The normalized spacial score (nSPS) is 11.7. The van der Waals surface area contributed by atoms with Gasteiger partial charge < -0.3 is 4.98 Å². The van der Waals surface area contributed by atoms with E-state index in [2.05, 4.69) is 23.2 Å². The Morgan fingerprint density at radius 2 is 1.82 bits per heavy atom. The van der Waals surface area contributed by atoms with Crippen LogP contribution in [-0.2, 0) is 18.7 Å². The highest BCUT2D eigenvalue weighted by molar-refractivity contribution is 7.98. The van der Waals surface area contributed by atoms with Crippen LogP contribution in [0.4, 0.5) is 0 Å². The first kappa shape index (κ1) is 21.5. The van der Waals surface area contributed by atoms with Crippen LogP contribution < -0.4 is 5.56 Å². The number of fused-ring (bicyclic) bond motifs is 4. The molecule has 0 aliphatic heterocycles. The van der Waals surface area contributed by atoms with Crippen LogP contribution in [0.25, 0.3) is 31.2 Å². The van der Waals surface area contributed by atoms with Crippen LogP contribution >= 0.6 is 34.7 Å². The molecule has 0 unspecified atom stereocenters. The smallest absolute Gasteiger partial charge is 0.272 e. The van der Waals surface area contributed by atoms with Crippen LogP contribution in [0.3, 0.4) is 0 Å². The lowest BCUT2D eigenvalue weighted by molar-refractivity contribution is 0.598. The molecule has 0 fully saturated rings. The topological polar surface area (TPSA) is 50.7 Å². The number of benzene rings is 3. The van der Waals surface area contributed by atoms with E-state index in [-0.39, 0.29) is 5.56 Å². The predicted octanol–water partition coefficient (Wildman–Crippen LogP) is 7.28. The van der Waals surface area contributed by atoms with Gasteiger partial charge in [-0.3, -0.25) is 9.36 Å². The second-order valence-corrected chi connectivity index (χ2v) is 10.6. The number of nitrogens with one attached hydrogen (secondary N) is 1. The summed E-state index contributed by atoms with van der Waals surface area (Å²) in [5, 5.41) is 3.68. The number of thiophene rings is 1. The summed E-state index contributed by atoms with van der Waals surface area (Å²) in [6.45, 7) is 0.565. The average molecular weight is 502 g/mol. The van der Waals surface area contributed by atoms with Crippen molar-refractivity contribution in [3.63, 3.8) is 0 Å². The standard InChI is InChI=1S/C27H20ClN3OS2/c28-19-7-5-6-17(14-19)16-33-27-30-24-21-9-2-4-11-23(21)34-25(24)26(32)31(27)13-12-18-15-29-22-10-3-1-8-20(18)22/h1-11,14-15,29H,12-13,16H2. The number of aromatic nitrogens is 3. The molecule has 1 N–H and O–H groups in total. The predicted molar refractivity (Wildman–Crippen MR) is 144 cm³/mol. The van der Waals surface area contributed by atoms with Gasteiger partial charge in [0.05, 0.1) is 5.52 Å². The Bertz CT molecular complexity index is 1720. The van der Waals surface area contributed by atoms with E-state index in [4.69, 9.17) is 16.6 Å². The molecule has 3 aromatic carbocycles. The molecule has 0 saturated carbocycles. The summed E-state index contributed by atoms with van der Waals surface area (Å²) in [5.41, 5.74) is 4.23. The Balaban J connectivity index is 1.42. The molecule has 0 amide bonds. The zero-order valence-corrected chi connectivity index (χ0v) is 20.5. The summed E-state index contributed by atoms with van der Waals surface area (Å²) in [4.78, 5) is 22.1. The highest BCUT2D eigenvalue weighted by atomic mass is 35.5. The third-order valence-electron chi connectivity index (χ3n) is 5.98. The molecule has 6 rings (SSSR count). The van der Waals surface area contributed by atoms with Crippen molar-refractivity contribution in [3.8, 4) is 0 Å². The van der Waals surface area contributed by atoms with Crippen LogP contribution in [0.1, 0.15) is 11.1 Å². The van der Waals surface area contributed by atoms with Crippen LogP contribution in [0.5, 0.6) is 0 Å². The van der Waals surface area contributed by atoms with Crippen molar-refractivity contribution < 1.29 is 0 Å². The minimum Gasteiger partial charge on any atom is -0.361 e. The van der Waals surface area contributed by atoms with Crippen molar-refractivity contribution in [2.75, 3.05) is 0 Å². The lowest BCUT2D eigenvalue weighted by Gasteiger charge is -2.12. The number of nitrogens with zero attached hydrogens (tertiary/aromatic N) is 2. The molecule has 4 nitrogen and oxygen atoms in total. The molecule has 0 bridgehead atoms. The number of H-pyrrole nitrogens is 1. The summed E-state index contributed by atoms with van der Waals surface area (Å²) in [7, 11) is 0. The van der Waals surface area contributed by atoms with Gasteiger partial charge in [0.1, 0.15) is 4.70 Å². The Labute approximate surface area is 209 Å². The van der Waals surface area contributed by atoms with Gasteiger partial charge in [0.2, 0.25) is 0 Å². The van der Waals surface area contributed by atoms with Crippen LogP contribution in [-0.4, -0.2) is 14.5 Å². The van der Waals surface area contributed by atoms with Crippen LogP contribution in [0.15, 0.2) is 88.9 Å². The van der Waals surface area contributed by atoms with E-state index >= 15 is 0 Å². The van der Waals surface area contributed by atoms with Crippen molar-refractivity contribution in [2.24, 2.45) is 0 Å². The average Bonchev–Trinajstić information content (AvgIpc) is 3.44. The number of halogens is 1. The molecule has 0 spiro atoms. The molecule has 168 valence electrons. The molecule has 34 heavy (non-hydrogen) atoms. The minimum atomic E-state index is 0.0274. The van der Waals surface area contributed by atoms with E-state index in [9.17, 15) is 4.79 Å². The van der Waals surface area contributed by atoms with Crippen molar-refractivity contribution in [1.29, 1.82) is 0 Å². The zero-order valence-electron chi connectivity index (χ0n) is 18.1. The third kappa shape index (κ3) is 3.92. The number of thioether (sulfide) groups is 1. The molecule has 6 aromatic rings. The summed E-state index contributed by atoms with van der Waals surface area (Å²) in [6, 6.07) is 24.2. The van der Waals surface area contributed by atoms with Crippen molar-refractivity contribution in [2.45, 2.75) is 23.9 Å². The third-order valence-corrected chi connectivity index (χ3v) is 8.41. The van der Waals surface area contributed by atoms with Gasteiger partial charge in [0.15, 0.2) is 5.16 Å². The van der Waals surface area contributed by atoms with E-state index < -0.39 is 0 Å². The fraction of sp³-hybridized carbons (Fsp3) is 0.111. The van der Waals surface area contributed by atoms with Gasteiger partial charge >= 0.3 is 0 Å². The maximum absolute atomic E-state index is 13.7. The van der Waals surface area contributed by atoms with Gasteiger partial charge in [0.25, 0.3) is 5.56 Å². The maximum Gasteiger partial charge on any atom is 0.272 e. The highest BCUT2D eigenvalue weighted by Crippen LogP contribution is 2.32. The second kappa shape index (κ2) is 8.95. The molecule has 0 aliphatic carbocycles. The molecule has 0 radical (unpaired) electrons. The summed E-state index contributed by atoms with van der Waals surface area (Å²) >= 11 is 9.29. The molecular weight excluding hydrogens is 482 g/mol. The van der Waals surface area contributed by atoms with E-state index in [1.165, 1.54) is 22.3 Å². The monoisotopic (exact) mass is 501 g/mol. The molecular formula is C27H20ClN3OS2. The molecule has 3 aromatic heterocycles. The van der Waals surface area contributed by atoms with Gasteiger partial charge in [-0.25, -0.2) is 4.98 Å². The molecule has 3 heterocycles.